The van der Waals surface area contributed by atoms with Crippen LogP contribution in [-0.2, 0) is 20.9 Å². The Bertz CT molecular complexity index is 1110. The third-order valence-electron chi connectivity index (χ3n) is 4.18. The molecule has 0 saturated carbocycles. The number of nitrogens with zero attached hydrogens (tertiary/aromatic N) is 2. The van der Waals surface area contributed by atoms with E-state index < -0.39 is 35.3 Å². The number of hydrogen-bond donors (Lipinski definition) is 1. The quantitative estimate of drug-likeness (QED) is 0.642. The topological polar surface area (TPSA) is 90.3 Å². The molecule has 0 aliphatic carbocycles. The fraction of sp³-hybridized carbons (Fsp3) is 0.200. The molecule has 3 aromatic rings. The van der Waals surface area contributed by atoms with Crippen molar-refractivity contribution < 1.29 is 23.1 Å². The summed E-state index contributed by atoms with van der Waals surface area (Å²) in [7, 11) is 0. The fourth-order valence-corrected chi connectivity index (χ4v) is 2.63. The third kappa shape index (κ3) is 4.63. The van der Waals surface area contributed by atoms with Gasteiger partial charge in [0.2, 0.25) is 0 Å². The van der Waals surface area contributed by atoms with Gasteiger partial charge in [0.25, 0.3) is 11.5 Å². The van der Waals surface area contributed by atoms with Crippen molar-refractivity contribution in [3.63, 3.8) is 0 Å². The number of carbonyl (C=O) groups is 2. The summed E-state index contributed by atoms with van der Waals surface area (Å²) in [4.78, 5) is 40.6. The summed E-state index contributed by atoms with van der Waals surface area (Å²) in [5.41, 5.74) is -0.375. The molecule has 1 heterocycles. The average molecular weight is 401 g/mol. The summed E-state index contributed by atoms with van der Waals surface area (Å²) in [5, 5.41) is 2.47. The molecule has 7 nitrogen and oxygen atoms in total. The number of hydrogen-bond acceptors (Lipinski definition) is 5. The smallest absolute Gasteiger partial charge is 0.308 e. The van der Waals surface area contributed by atoms with Gasteiger partial charge in [-0.25, -0.2) is 13.8 Å². The molecule has 150 valence electrons. The molecule has 0 radical (unpaired) electrons. The highest BCUT2D eigenvalue weighted by molar-refractivity contribution is 5.95. The van der Waals surface area contributed by atoms with Crippen LogP contribution in [0.4, 0.5) is 14.5 Å². The lowest BCUT2D eigenvalue weighted by molar-refractivity contribution is -0.153. The van der Waals surface area contributed by atoms with Crippen LogP contribution in [0.1, 0.15) is 13.3 Å². The molecule has 0 aliphatic rings. The largest absolute Gasteiger partial charge is 0.452 e. The molecule has 1 atom stereocenters. The molecule has 1 N–H and O–H groups in total. The Kier molecular flexibility index (Phi) is 5.96. The monoisotopic (exact) mass is 401 g/mol. The Hall–Kier alpha value is -3.62. The van der Waals surface area contributed by atoms with E-state index in [1.165, 1.54) is 17.8 Å². The molecule has 0 aliphatic heterocycles. The van der Waals surface area contributed by atoms with Gasteiger partial charge in [0, 0.05) is 6.54 Å². The number of esters is 1. The normalized spacial score (nSPS) is 11.8. The fourth-order valence-electron chi connectivity index (χ4n) is 2.63. The first-order chi connectivity index (χ1) is 13.9. The van der Waals surface area contributed by atoms with E-state index in [-0.39, 0.29) is 18.5 Å². The number of amides is 1. The lowest BCUT2D eigenvalue weighted by atomic mass is 10.2. The molecule has 0 spiro atoms. The van der Waals surface area contributed by atoms with Crippen molar-refractivity contribution in [1.29, 1.82) is 0 Å². The number of rotatable bonds is 6. The number of fused-ring (bicyclic) bond motifs is 1. The zero-order chi connectivity index (χ0) is 21.0. The molecule has 1 unspecified atom stereocenters. The number of nitrogens with one attached hydrogen (secondary N) is 1. The number of ether oxygens (including phenoxy) is 1. The van der Waals surface area contributed by atoms with E-state index in [4.69, 9.17) is 4.74 Å². The van der Waals surface area contributed by atoms with Gasteiger partial charge in [0.15, 0.2) is 6.10 Å². The van der Waals surface area contributed by atoms with Crippen molar-refractivity contribution in [3.8, 4) is 0 Å². The summed E-state index contributed by atoms with van der Waals surface area (Å²) in [6.45, 7) is 1.28. The first-order valence-corrected chi connectivity index (χ1v) is 8.75. The van der Waals surface area contributed by atoms with Crippen LogP contribution in [0.2, 0.25) is 0 Å². The zero-order valence-electron chi connectivity index (χ0n) is 15.4. The number of aromatic nitrogens is 2. The van der Waals surface area contributed by atoms with E-state index in [0.717, 1.165) is 18.2 Å². The minimum atomic E-state index is -1.28. The molecule has 1 amide bonds. The highest BCUT2D eigenvalue weighted by Crippen LogP contribution is 2.18. The summed E-state index contributed by atoms with van der Waals surface area (Å²) < 4.78 is 33.4. The maximum absolute atomic E-state index is 13.6. The van der Waals surface area contributed by atoms with Crippen LogP contribution < -0.4 is 10.9 Å². The van der Waals surface area contributed by atoms with Gasteiger partial charge >= 0.3 is 5.97 Å². The van der Waals surface area contributed by atoms with E-state index in [9.17, 15) is 23.2 Å². The average Bonchev–Trinajstić information content (AvgIpc) is 2.70. The summed E-state index contributed by atoms with van der Waals surface area (Å²) in [6, 6.07) is 9.95. The maximum atomic E-state index is 13.6. The van der Waals surface area contributed by atoms with Crippen LogP contribution >= 0.6 is 0 Å². The lowest BCUT2D eigenvalue weighted by Gasteiger charge is -2.14. The van der Waals surface area contributed by atoms with Crippen molar-refractivity contribution in [2.45, 2.75) is 26.0 Å². The number of para-hydroxylation sites is 2. The lowest BCUT2D eigenvalue weighted by Crippen LogP contribution is -2.31. The van der Waals surface area contributed by atoms with E-state index >= 15 is 0 Å². The standard InChI is InChI=1S/C20H17F2N3O4/c1-12(19(27)24-18-14(21)6-4-7-15(18)22)29-17(26)9-10-25-11-23-16-8-3-2-5-13(16)20(25)28/h2-8,11-12H,9-10H2,1H3,(H,24,27). The van der Waals surface area contributed by atoms with E-state index in [1.54, 1.807) is 24.3 Å². The van der Waals surface area contributed by atoms with Gasteiger partial charge in [0.1, 0.15) is 17.3 Å². The minimum Gasteiger partial charge on any atom is -0.452 e. The minimum absolute atomic E-state index is 0.00574. The van der Waals surface area contributed by atoms with Gasteiger partial charge < -0.3 is 10.1 Å². The Morgan fingerprint density at radius 1 is 1.14 bits per heavy atom. The van der Waals surface area contributed by atoms with Crippen LogP contribution in [0.3, 0.4) is 0 Å². The van der Waals surface area contributed by atoms with Crippen molar-refractivity contribution in [2.75, 3.05) is 5.32 Å². The van der Waals surface area contributed by atoms with Gasteiger partial charge in [-0.05, 0) is 31.2 Å². The number of halogens is 2. The van der Waals surface area contributed by atoms with Gasteiger partial charge in [0.05, 0.1) is 23.7 Å². The van der Waals surface area contributed by atoms with E-state index in [0.29, 0.717) is 10.9 Å². The van der Waals surface area contributed by atoms with Crippen LogP contribution in [-0.4, -0.2) is 27.5 Å². The van der Waals surface area contributed by atoms with Crippen molar-refractivity contribution in [2.24, 2.45) is 0 Å². The van der Waals surface area contributed by atoms with Crippen molar-refractivity contribution in [1.82, 2.24) is 9.55 Å². The van der Waals surface area contributed by atoms with Crippen LogP contribution in [0.15, 0.2) is 53.6 Å². The molecule has 29 heavy (non-hydrogen) atoms. The predicted octanol–water partition coefficient (Wildman–Crippen LogP) is 2.64. The van der Waals surface area contributed by atoms with Crippen LogP contribution in [0.25, 0.3) is 10.9 Å². The number of anilines is 1. The Morgan fingerprint density at radius 2 is 1.83 bits per heavy atom. The maximum Gasteiger partial charge on any atom is 0.308 e. The van der Waals surface area contributed by atoms with Crippen molar-refractivity contribution in [3.05, 3.63) is 70.8 Å². The third-order valence-corrected chi connectivity index (χ3v) is 4.18. The molecule has 1 aromatic heterocycles. The Balaban J connectivity index is 1.58. The number of benzene rings is 2. The molecule has 0 saturated heterocycles. The molecule has 9 heteroatoms. The second-order valence-corrected chi connectivity index (χ2v) is 6.23. The van der Waals surface area contributed by atoms with Gasteiger partial charge in [-0.2, -0.15) is 0 Å². The van der Waals surface area contributed by atoms with Crippen molar-refractivity contribution >= 4 is 28.5 Å². The zero-order valence-corrected chi connectivity index (χ0v) is 15.4. The highest BCUT2D eigenvalue weighted by atomic mass is 19.1. The second kappa shape index (κ2) is 8.59. The summed E-state index contributed by atoms with van der Waals surface area (Å²) in [5.74, 6) is -3.52. The van der Waals surface area contributed by atoms with Gasteiger partial charge in [-0.3, -0.25) is 19.0 Å². The number of aryl methyl sites for hydroxylation is 1. The highest BCUT2D eigenvalue weighted by Gasteiger charge is 2.21. The molecular weight excluding hydrogens is 384 g/mol. The molecule has 2 aromatic carbocycles. The SMILES string of the molecule is CC(OC(=O)CCn1cnc2ccccc2c1=O)C(=O)Nc1c(F)cccc1F. The first-order valence-electron chi connectivity index (χ1n) is 8.75. The molecular formula is C20H17F2N3O4. The summed E-state index contributed by atoms with van der Waals surface area (Å²) >= 11 is 0. The Morgan fingerprint density at radius 3 is 2.55 bits per heavy atom. The van der Waals surface area contributed by atoms with Gasteiger partial charge in [-0.1, -0.05) is 18.2 Å². The predicted molar refractivity (Wildman–Crippen MR) is 101 cm³/mol. The second-order valence-electron chi connectivity index (χ2n) is 6.23. The van der Waals surface area contributed by atoms with E-state index in [2.05, 4.69) is 10.3 Å². The molecule has 0 fully saturated rings. The van der Waals surface area contributed by atoms with Crippen LogP contribution in [0, 0.1) is 11.6 Å². The first kappa shape index (κ1) is 20.1. The molecule has 0 bridgehead atoms. The van der Waals surface area contributed by atoms with Crippen LogP contribution in [0.5, 0.6) is 0 Å². The Labute approximate surface area is 163 Å². The van der Waals surface area contributed by atoms with E-state index in [1.807, 2.05) is 0 Å². The molecule has 3 rings (SSSR count). The summed E-state index contributed by atoms with van der Waals surface area (Å²) in [6.07, 6.45) is -0.145. The number of carbonyl (C=O) groups excluding carboxylic acids is 2. The van der Waals surface area contributed by atoms with Gasteiger partial charge in [-0.15, -0.1) is 0 Å².